The fourth-order valence-corrected chi connectivity index (χ4v) is 5.37. The van der Waals surface area contributed by atoms with E-state index in [1.54, 1.807) is 0 Å². The third kappa shape index (κ3) is 4.06. The number of hydrogen-bond acceptors (Lipinski definition) is 2. The smallest absolute Gasteiger partial charge is 0.0601 e. The summed E-state index contributed by atoms with van der Waals surface area (Å²) in [6.45, 7) is 13.6. The molecule has 8 unspecified atom stereocenters. The lowest BCUT2D eigenvalue weighted by Gasteiger charge is -2.47. The Balaban J connectivity index is 2.07. The highest BCUT2D eigenvalue weighted by Crippen LogP contribution is 2.46. The van der Waals surface area contributed by atoms with Gasteiger partial charge in [-0.3, -0.25) is 0 Å². The lowest BCUT2D eigenvalue weighted by molar-refractivity contribution is -0.0713. The van der Waals surface area contributed by atoms with Gasteiger partial charge in [-0.25, -0.2) is 0 Å². The Kier molecular flexibility index (Phi) is 5.65. The van der Waals surface area contributed by atoms with Gasteiger partial charge in [0.25, 0.3) is 0 Å². The van der Waals surface area contributed by atoms with Crippen LogP contribution in [0.1, 0.15) is 73.6 Å². The highest BCUT2D eigenvalue weighted by atomic mass is 16.3. The number of hydrogen-bond donors (Lipinski definition) is 2. The van der Waals surface area contributed by atoms with Gasteiger partial charge in [-0.15, -0.1) is 0 Å². The highest BCUT2D eigenvalue weighted by Gasteiger charge is 2.43. The molecule has 0 bridgehead atoms. The summed E-state index contributed by atoms with van der Waals surface area (Å²) in [4.78, 5) is 0. The Morgan fingerprint density at radius 1 is 0.773 bits per heavy atom. The van der Waals surface area contributed by atoms with Crippen LogP contribution < -0.4 is 0 Å². The van der Waals surface area contributed by atoms with Crippen molar-refractivity contribution in [2.75, 3.05) is 0 Å². The van der Waals surface area contributed by atoms with Gasteiger partial charge in [-0.2, -0.15) is 0 Å². The van der Waals surface area contributed by atoms with Crippen LogP contribution in [0.4, 0.5) is 0 Å². The molecule has 0 amide bonds. The van der Waals surface area contributed by atoms with Crippen molar-refractivity contribution in [2.24, 2.45) is 40.9 Å². The first-order valence-corrected chi connectivity index (χ1v) is 9.45. The summed E-state index contributed by atoms with van der Waals surface area (Å²) in [6.07, 6.45) is 5.17. The minimum absolute atomic E-state index is 0.165. The monoisotopic (exact) mass is 310 g/mol. The first kappa shape index (κ1) is 18.3. The molecule has 2 saturated carbocycles. The average Bonchev–Trinajstić information content (AvgIpc) is 2.37. The third-order valence-electron chi connectivity index (χ3n) is 6.52. The number of rotatable bonds is 2. The Hall–Kier alpha value is -0.0800. The minimum Gasteiger partial charge on any atom is -0.393 e. The number of aliphatic hydroxyl groups excluding tert-OH is 2. The van der Waals surface area contributed by atoms with E-state index in [2.05, 4.69) is 41.5 Å². The van der Waals surface area contributed by atoms with E-state index in [1.165, 1.54) is 0 Å². The van der Waals surface area contributed by atoms with E-state index in [0.717, 1.165) is 32.1 Å². The van der Waals surface area contributed by atoms with Crippen LogP contribution in [0.3, 0.4) is 0 Å². The molecule has 0 aromatic carbocycles. The largest absolute Gasteiger partial charge is 0.393 e. The Labute approximate surface area is 137 Å². The predicted octanol–water partition coefficient (Wildman–Crippen LogP) is 4.49. The quantitative estimate of drug-likeness (QED) is 0.789. The van der Waals surface area contributed by atoms with E-state index in [-0.39, 0.29) is 17.6 Å². The molecule has 130 valence electrons. The van der Waals surface area contributed by atoms with Crippen molar-refractivity contribution in [3.63, 3.8) is 0 Å². The summed E-state index contributed by atoms with van der Waals surface area (Å²) in [7, 11) is 0. The van der Waals surface area contributed by atoms with Gasteiger partial charge in [-0.1, -0.05) is 41.5 Å². The molecule has 2 aliphatic rings. The molecule has 2 heteroatoms. The Bertz CT molecular complexity index is 359. The molecule has 0 aromatic rings. The first-order chi connectivity index (χ1) is 10.1. The molecule has 2 N–H and O–H groups in total. The molecular formula is C20H38O2. The fraction of sp³-hybridized carbons (Fsp3) is 1.00. The van der Waals surface area contributed by atoms with Crippen LogP contribution in [0.5, 0.6) is 0 Å². The first-order valence-electron chi connectivity index (χ1n) is 9.45. The molecular weight excluding hydrogens is 272 g/mol. The molecule has 0 spiro atoms. The van der Waals surface area contributed by atoms with Crippen molar-refractivity contribution in [2.45, 2.75) is 85.9 Å². The molecule has 2 nitrogen and oxygen atoms in total. The molecule has 0 heterocycles. The van der Waals surface area contributed by atoms with Gasteiger partial charge in [0, 0.05) is 0 Å². The summed E-state index contributed by atoms with van der Waals surface area (Å²) in [5.41, 5.74) is 0.165. The second kappa shape index (κ2) is 6.81. The van der Waals surface area contributed by atoms with E-state index < -0.39 is 0 Å². The van der Waals surface area contributed by atoms with Crippen LogP contribution in [0.25, 0.3) is 0 Å². The summed E-state index contributed by atoms with van der Waals surface area (Å²) in [6, 6.07) is 0. The van der Waals surface area contributed by atoms with Crippen molar-refractivity contribution in [1.82, 2.24) is 0 Å². The molecule has 0 aromatic heterocycles. The molecule has 0 radical (unpaired) electrons. The van der Waals surface area contributed by atoms with Crippen molar-refractivity contribution < 1.29 is 10.2 Å². The lowest BCUT2D eigenvalue weighted by atomic mass is 9.61. The zero-order chi connectivity index (χ0) is 16.7. The summed E-state index contributed by atoms with van der Waals surface area (Å²) >= 11 is 0. The van der Waals surface area contributed by atoms with Crippen molar-refractivity contribution in [3.05, 3.63) is 0 Å². The highest BCUT2D eigenvalue weighted by molar-refractivity contribution is 4.93. The molecule has 22 heavy (non-hydrogen) atoms. The van der Waals surface area contributed by atoms with Crippen LogP contribution in [0.15, 0.2) is 0 Å². The maximum Gasteiger partial charge on any atom is 0.0601 e. The van der Waals surface area contributed by atoms with Crippen molar-refractivity contribution in [1.29, 1.82) is 0 Å². The fourth-order valence-electron chi connectivity index (χ4n) is 5.37. The molecule has 0 saturated heterocycles. The standard InChI is InChI=1S/C20H38O2/c1-12-7-14(3)18(21)15(8-12)11-16-9-13(2)10-17(19(16)22)20(4,5)6/h12-19,21-22H,7-11H2,1-6H3. The summed E-state index contributed by atoms with van der Waals surface area (Å²) in [5, 5.41) is 21.5. The second-order valence-corrected chi connectivity index (χ2v) is 9.84. The van der Waals surface area contributed by atoms with Gasteiger partial charge in [0.05, 0.1) is 12.2 Å². The molecule has 2 fully saturated rings. The maximum absolute atomic E-state index is 10.9. The van der Waals surface area contributed by atoms with E-state index in [9.17, 15) is 10.2 Å². The van der Waals surface area contributed by atoms with Crippen LogP contribution in [-0.4, -0.2) is 22.4 Å². The molecule has 2 aliphatic carbocycles. The van der Waals surface area contributed by atoms with E-state index >= 15 is 0 Å². The van der Waals surface area contributed by atoms with Gasteiger partial charge in [0.1, 0.15) is 0 Å². The van der Waals surface area contributed by atoms with E-state index in [1.807, 2.05) is 0 Å². The summed E-state index contributed by atoms with van der Waals surface area (Å²) in [5.74, 6) is 2.93. The van der Waals surface area contributed by atoms with Gasteiger partial charge in [-0.05, 0) is 73.0 Å². The van der Waals surface area contributed by atoms with Crippen LogP contribution in [-0.2, 0) is 0 Å². The van der Waals surface area contributed by atoms with E-state index in [4.69, 9.17) is 0 Å². The predicted molar refractivity (Wildman–Crippen MR) is 92.5 cm³/mol. The van der Waals surface area contributed by atoms with Crippen LogP contribution in [0.2, 0.25) is 0 Å². The lowest BCUT2D eigenvalue weighted by Crippen LogP contribution is -2.45. The van der Waals surface area contributed by atoms with Gasteiger partial charge >= 0.3 is 0 Å². The molecule has 8 atom stereocenters. The topological polar surface area (TPSA) is 40.5 Å². The van der Waals surface area contributed by atoms with Gasteiger partial charge < -0.3 is 10.2 Å². The number of aliphatic hydroxyl groups is 2. The molecule has 0 aliphatic heterocycles. The Morgan fingerprint density at radius 2 is 1.27 bits per heavy atom. The zero-order valence-corrected chi connectivity index (χ0v) is 15.5. The van der Waals surface area contributed by atoms with Gasteiger partial charge in [0.15, 0.2) is 0 Å². The summed E-state index contributed by atoms with van der Waals surface area (Å²) < 4.78 is 0. The minimum atomic E-state index is -0.198. The SMILES string of the molecule is CC1CC(C)C(O)C(CC2CC(C)CC(C(C)(C)C)C2O)C1. The van der Waals surface area contributed by atoms with Crippen LogP contribution >= 0.6 is 0 Å². The normalized spacial score (nSPS) is 47.5. The Morgan fingerprint density at radius 3 is 1.82 bits per heavy atom. The van der Waals surface area contributed by atoms with Crippen molar-refractivity contribution >= 4 is 0 Å². The van der Waals surface area contributed by atoms with Crippen LogP contribution in [0, 0.1) is 40.9 Å². The average molecular weight is 311 g/mol. The third-order valence-corrected chi connectivity index (χ3v) is 6.52. The molecule has 2 rings (SSSR count). The van der Waals surface area contributed by atoms with Crippen molar-refractivity contribution in [3.8, 4) is 0 Å². The van der Waals surface area contributed by atoms with E-state index in [0.29, 0.717) is 35.5 Å². The maximum atomic E-state index is 10.9. The zero-order valence-electron chi connectivity index (χ0n) is 15.5. The van der Waals surface area contributed by atoms with Gasteiger partial charge in [0.2, 0.25) is 0 Å². The second-order valence-electron chi connectivity index (χ2n) is 9.84.